The van der Waals surface area contributed by atoms with Gasteiger partial charge in [-0.15, -0.1) is 0 Å². The van der Waals surface area contributed by atoms with E-state index in [-0.39, 0.29) is 0 Å². The number of halogens is 1. The Hall–Kier alpha value is 0.179. The van der Waals surface area contributed by atoms with Gasteiger partial charge in [0, 0.05) is 0 Å². The third-order valence-electron chi connectivity index (χ3n) is 1.63. The molecule has 0 radical (unpaired) electrons. The van der Waals surface area contributed by atoms with Crippen LogP contribution in [0.1, 0.15) is 19.4 Å². The van der Waals surface area contributed by atoms with E-state index in [0.29, 0.717) is 19.3 Å². The summed E-state index contributed by atoms with van der Waals surface area (Å²) in [5.74, 6) is 0. The number of rotatable bonds is 4. The van der Waals surface area contributed by atoms with Gasteiger partial charge in [0.2, 0.25) is 0 Å². The Morgan fingerprint density at radius 2 is 2.08 bits per heavy atom. The van der Waals surface area contributed by atoms with Crippen molar-refractivity contribution in [3.8, 4) is 0 Å². The maximum absolute atomic E-state index is 5.56. The third-order valence-corrected chi connectivity index (χ3v) is 4.62. The molecule has 3 heteroatoms. The predicted octanol–water partition coefficient (Wildman–Crippen LogP) is 2.25. The monoisotopic (exact) mass is 308 g/mol. The Morgan fingerprint density at radius 1 is 1.38 bits per heavy atom. The Balaban J connectivity index is 2.64. The molecule has 0 heterocycles. The van der Waals surface area contributed by atoms with Crippen LogP contribution in [0.3, 0.4) is 0 Å². The Kier molecular flexibility index (Phi) is 5.03. The molecule has 0 fully saturated rings. The van der Waals surface area contributed by atoms with Gasteiger partial charge in [0.1, 0.15) is 0 Å². The summed E-state index contributed by atoms with van der Waals surface area (Å²) in [5.41, 5.74) is 1.30. The average molecular weight is 308 g/mol. The second-order valence-electron chi connectivity index (χ2n) is 3.04. The molecule has 1 nitrogen and oxygen atoms in total. The van der Waals surface area contributed by atoms with Crippen LogP contribution in [-0.4, -0.2) is 19.3 Å². The Bertz CT molecular complexity index is 263. The van der Waals surface area contributed by atoms with Crippen LogP contribution in [0.4, 0.5) is 0 Å². The zero-order valence-electron chi connectivity index (χ0n) is 7.79. The van der Waals surface area contributed by atoms with E-state index in [0.717, 1.165) is 6.61 Å². The Morgan fingerprint density at radius 3 is 2.69 bits per heavy atom. The van der Waals surface area contributed by atoms with Crippen LogP contribution in [0.15, 0.2) is 24.3 Å². The molecular formula is C10H13BrOSe. The molecule has 0 atom stereocenters. The van der Waals surface area contributed by atoms with Crippen molar-refractivity contribution >= 4 is 31.7 Å². The van der Waals surface area contributed by atoms with Gasteiger partial charge < -0.3 is 0 Å². The first-order valence-electron chi connectivity index (χ1n) is 4.22. The summed E-state index contributed by atoms with van der Waals surface area (Å²) in [6.07, 6.45) is 0.302. The first kappa shape index (κ1) is 11.3. The van der Waals surface area contributed by atoms with Crippen molar-refractivity contribution < 1.29 is 4.74 Å². The van der Waals surface area contributed by atoms with Crippen LogP contribution in [0, 0.1) is 0 Å². The van der Waals surface area contributed by atoms with Crippen LogP contribution in [0.5, 0.6) is 0 Å². The molecule has 0 N–H and O–H groups in total. The van der Waals surface area contributed by atoms with E-state index >= 15 is 0 Å². The number of benzene rings is 1. The zero-order valence-corrected chi connectivity index (χ0v) is 11.1. The van der Waals surface area contributed by atoms with E-state index in [1.54, 1.807) is 0 Å². The van der Waals surface area contributed by atoms with E-state index in [9.17, 15) is 0 Å². The molecule has 0 aliphatic heterocycles. The van der Waals surface area contributed by atoms with Crippen molar-refractivity contribution in [3.63, 3.8) is 0 Å². The molecule has 1 aromatic rings. The molecule has 0 amide bonds. The molecule has 0 bridgehead atoms. The summed E-state index contributed by atoms with van der Waals surface area (Å²) in [6, 6.07) is 8.40. The van der Waals surface area contributed by atoms with Gasteiger partial charge in [-0.2, -0.15) is 0 Å². The minimum atomic E-state index is 0.302. The van der Waals surface area contributed by atoms with Gasteiger partial charge in [-0.25, -0.2) is 0 Å². The third kappa shape index (κ3) is 3.82. The quantitative estimate of drug-likeness (QED) is 0.775. The molecule has 0 spiro atoms. The van der Waals surface area contributed by atoms with Gasteiger partial charge in [-0.05, 0) is 0 Å². The maximum atomic E-state index is 5.56. The zero-order chi connectivity index (χ0) is 9.68. The molecular weight excluding hydrogens is 295 g/mol. The fraction of sp³-hybridized carbons (Fsp3) is 0.400. The van der Waals surface area contributed by atoms with Gasteiger partial charge in [0.15, 0.2) is 0 Å². The summed E-state index contributed by atoms with van der Waals surface area (Å²) in [5, 5.41) is 0. The van der Waals surface area contributed by atoms with E-state index in [2.05, 4.69) is 52.2 Å². The van der Waals surface area contributed by atoms with Crippen LogP contribution in [-0.2, 0) is 11.3 Å². The summed E-state index contributed by atoms with van der Waals surface area (Å²) in [7, 11) is 0. The Labute approximate surface area is 92.7 Å². The van der Waals surface area contributed by atoms with Gasteiger partial charge >= 0.3 is 92.8 Å². The molecule has 1 aromatic carbocycles. The van der Waals surface area contributed by atoms with E-state index in [4.69, 9.17) is 4.74 Å². The predicted molar refractivity (Wildman–Crippen MR) is 60.7 cm³/mol. The molecule has 0 aliphatic carbocycles. The second-order valence-corrected chi connectivity index (χ2v) is 5.97. The molecule has 0 saturated heterocycles. The fourth-order valence-corrected chi connectivity index (χ4v) is 3.34. The normalized spacial score (nSPS) is 10.8. The summed E-state index contributed by atoms with van der Waals surface area (Å²) >= 11 is 3.90. The molecule has 0 aliphatic rings. The summed E-state index contributed by atoms with van der Waals surface area (Å²) in [6.45, 7) is 4.84. The fourth-order valence-electron chi connectivity index (χ4n) is 0.955. The number of ether oxygens (including phenoxy) is 1. The van der Waals surface area contributed by atoms with E-state index in [1.165, 1.54) is 10.0 Å². The van der Waals surface area contributed by atoms with Crippen LogP contribution in [0.25, 0.3) is 0 Å². The number of hydrogen-bond donors (Lipinski definition) is 0. The van der Waals surface area contributed by atoms with Crippen LogP contribution >= 0.6 is 14.1 Å². The van der Waals surface area contributed by atoms with Crippen LogP contribution in [0.2, 0.25) is 0 Å². The average Bonchev–Trinajstić information content (AvgIpc) is 2.15. The standard InChI is InChI=1S/C10H13BrOSe/c1-8(2)12-7-9-5-3-4-6-10(9)13-11/h3-6,8H,7H2,1-2H3. The van der Waals surface area contributed by atoms with Gasteiger partial charge in [0.05, 0.1) is 0 Å². The minimum absolute atomic E-state index is 0.302. The van der Waals surface area contributed by atoms with Crippen molar-refractivity contribution in [2.24, 2.45) is 0 Å². The number of hydrogen-bond acceptors (Lipinski definition) is 1. The van der Waals surface area contributed by atoms with Gasteiger partial charge in [-0.1, -0.05) is 0 Å². The second kappa shape index (κ2) is 5.81. The van der Waals surface area contributed by atoms with E-state index in [1.807, 2.05) is 0 Å². The molecule has 0 saturated carbocycles. The molecule has 0 aromatic heterocycles. The van der Waals surface area contributed by atoms with Gasteiger partial charge in [0.25, 0.3) is 0 Å². The van der Waals surface area contributed by atoms with Crippen molar-refractivity contribution in [1.29, 1.82) is 0 Å². The molecule has 1 rings (SSSR count). The first-order valence-corrected chi connectivity index (χ1v) is 9.09. The van der Waals surface area contributed by atoms with Gasteiger partial charge in [-0.3, -0.25) is 0 Å². The molecule has 13 heavy (non-hydrogen) atoms. The molecule has 72 valence electrons. The van der Waals surface area contributed by atoms with Crippen LogP contribution < -0.4 is 4.46 Å². The van der Waals surface area contributed by atoms with Crippen molar-refractivity contribution in [2.45, 2.75) is 26.6 Å². The SMILES string of the molecule is CC(C)OCc1ccccc1[Se]Br. The van der Waals surface area contributed by atoms with E-state index < -0.39 is 0 Å². The summed E-state index contributed by atoms with van der Waals surface area (Å²) < 4.78 is 6.93. The van der Waals surface area contributed by atoms with Crippen molar-refractivity contribution in [3.05, 3.63) is 29.8 Å². The topological polar surface area (TPSA) is 9.23 Å². The molecule has 0 unspecified atom stereocenters. The first-order chi connectivity index (χ1) is 6.24. The van der Waals surface area contributed by atoms with Crippen molar-refractivity contribution in [1.82, 2.24) is 0 Å². The summed E-state index contributed by atoms with van der Waals surface area (Å²) in [4.78, 5) is 0. The van der Waals surface area contributed by atoms with Crippen molar-refractivity contribution in [2.75, 3.05) is 0 Å².